The number of allylic oxidation sites excluding steroid dienone is 3. The highest BCUT2D eigenvalue weighted by atomic mass is 16.6. The fourth-order valence-electron chi connectivity index (χ4n) is 2.46. The molecule has 4 heteroatoms. The number of rotatable bonds is 8. The molecule has 0 fully saturated rings. The molecule has 2 aromatic rings. The van der Waals surface area contributed by atoms with Gasteiger partial charge in [-0.15, -0.1) is 0 Å². The monoisotopic (exact) mass is 337 g/mol. The standard InChI is InChI=1S/C21H23NO3/c1-3-21(25-16-18-8-5-4-6-9-18)13-12-17(2)14-19-10-7-11-20(15-19)22(23)24/h3-13,15,17H,14,16H2,1-2H3/b13-12-,21-3+. The molecule has 1 atom stereocenters. The topological polar surface area (TPSA) is 52.4 Å². The summed E-state index contributed by atoms with van der Waals surface area (Å²) in [5, 5.41) is 10.8. The Morgan fingerprint density at radius 2 is 1.88 bits per heavy atom. The Hall–Kier alpha value is -2.88. The molecule has 0 bridgehead atoms. The van der Waals surface area contributed by atoms with Crippen LogP contribution in [0.15, 0.2) is 78.6 Å². The molecule has 25 heavy (non-hydrogen) atoms. The van der Waals surface area contributed by atoms with Crippen LogP contribution in [0.3, 0.4) is 0 Å². The van der Waals surface area contributed by atoms with Crippen LogP contribution in [0, 0.1) is 16.0 Å². The summed E-state index contributed by atoms with van der Waals surface area (Å²) in [5.41, 5.74) is 2.22. The van der Waals surface area contributed by atoms with Crippen molar-refractivity contribution in [3.63, 3.8) is 0 Å². The molecule has 130 valence electrons. The van der Waals surface area contributed by atoms with Gasteiger partial charge in [0.2, 0.25) is 0 Å². The second kappa shape index (κ2) is 9.42. The Bertz CT molecular complexity index is 751. The summed E-state index contributed by atoms with van der Waals surface area (Å²) in [4.78, 5) is 10.5. The third-order valence-corrected chi connectivity index (χ3v) is 3.80. The van der Waals surface area contributed by atoms with Gasteiger partial charge >= 0.3 is 0 Å². The fourth-order valence-corrected chi connectivity index (χ4v) is 2.46. The number of nitro benzene ring substituents is 1. The van der Waals surface area contributed by atoms with E-state index in [2.05, 4.69) is 13.0 Å². The second-order valence-electron chi connectivity index (χ2n) is 5.93. The molecule has 2 rings (SSSR count). The summed E-state index contributed by atoms with van der Waals surface area (Å²) in [7, 11) is 0. The zero-order valence-electron chi connectivity index (χ0n) is 14.6. The van der Waals surface area contributed by atoms with Crippen LogP contribution in [0.2, 0.25) is 0 Å². The molecule has 0 aliphatic heterocycles. The lowest BCUT2D eigenvalue weighted by atomic mass is 10.00. The average molecular weight is 337 g/mol. The summed E-state index contributed by atoms with van der Waals surface area (Å²) in [6.07, 6.45) is 6.71. The molecular weight excluding hydrogens is 314 g/mol. The van der Waals surface area contributed by atoms with Gasteiger partial charge in [-0.25, -0.2) is 0 Å². The zero-order valence-corrected chi connectivity index (χ0v) is 14.6. The van der Waals surface area contributed by atoms with Crippen LogP contribution in [0.5, 0.6) is 0 Å². The quantitative estimate of drug-likeness (QED) is 0.278. The van der Waals surface area contributed by atoms with E-state index in [0.717, 1.165) is 23.3 Å². The maximum absolute atomic E-state index is 10.8. The average Bonchev–Trinajstić information content (AvgIpc) is 2.63. The van der Waals surface area contributed by atoms with Crippen molar-refractivity contribution in [3.05, 3.63) is 99.8 Å². The van der Waals surface area contributed by atoms with Gasteiger partial charge in [-0.05, 0) is 42.5 Å². The smallest absolute Gasteiger partial charge is 0.269 e. The van der Waals surface area contributed by atoms with Gasteiger partial charge < -0.3 is 4.74 Å². The summed E-state index contributed by atoms with van der Waals surface area (Å²) < 4.78 is 5.81. The molecule has 0 aromatic heterocycles. The van der Waals surface area contributed by atoms with Gasteiger partial charge in [0.15, 0.2) is 0 Å². The molecule has 0 amide bonds. The van der Waals surface area contributed by atoms with Crippen molar-refractivity contribution < 1.29 is 9.66 Å². The number of hydrogen-bond donors (Lipinski definition) is 0. The summed E-state index contributed by atoms with van der Waals surface area (Å²) >= 11 is 0. The van der Waals surface area contributed by atoms with E-state index in [0.29, 0.717) is 6.61 Å². The van der Waals surface area contributed by atoms with Crippen LogP contribution in [-0.2, 0) is 17.8 Å². The Balaban J connectivity index is 1.90. The van der Waals surface area contributed by atoms with Gasteiger partial charge in [-0.2, -0.15) is 0 Å². The summed E-state index contributed by atoms with van der Waals surface area (Å²) in [6, 6.07) is 16.8. The predicted octanol–water partition coefficient (Wildman–Crippen LogP) is 5.45. The van der Waals surface area contributed by atoms with Crippen molar-refractivity contribution in [2.75, 3.05) is 0 Å². The van der Waals surface area contributed by atoms with Gasteiger partial charge in [0.05, 0.1) is 4.92 Å². The first-order valence-electron chi connectivity index (χ1n) is 8.33. The minimum Gasteiger partial charge on any atom is -0.489 e. The summed E-state index contributed by atoms with van der Waals surface area (Å²) in [5.74, 6) is 1.06. The minimum absolute atomic E-state index is 0.133. The molecule has 0 spiro atoms. The Morgan fingerprint density at radius 3 is 2.56 bits per heavy atom. The van der Waals surface area contributed by atoms with Crippen LogP contribution in [0.1, 0.15) is 25.0 Å². The van der Waals surface area contributed by atoms with E-state index in [9.17, 15) is 10.1 Å². The van der Waals surface area contributed by atoms with Crippen molar-refractivity contribution >= 4 is 5.69 Å². The lowest BCUT2D eigenvalue weighted by Crippen LogP contribution is -1.98. The molecule has 4 nitrogen and oxygen atoms in total. The Labute approximate surface area is 148 Å². The van der Waals surface area contributed by atoms with Crippen LogP contribution >= 0.6 is 0 Å². The Morgan fingerprint density at radius 1 is 1.16 bits per heavy atom. The number of hydrogen-bond acceptors (Lipinski definition) is 3. The first kappa shape index (κ1) is 18.5. The number of non-ortho nitro benzene ring substituents is 1. The normalized spacial score (nSPS) is 13.0. The first-order valence-corrected chi connectivity index (χ1v) is 8.33. The van der Waals surface area contributed by atoms with E-state index in [1.165, 1.54) is 6.07 Å². The lowest BCUT2D eigenvalue weighted by Gasteiger charge is -2.09. The maximum atomic E-state index is 10.8. The van der Waals surface area contributed by atoms with Gasteiger partial charge in [-0.1, -0.05) is 55.5 Å². The van der Waals surface area contributed by atoms with Crippen LogP contribution in [0.4, 0.5) is 5.69 Å². The fraction of sp³-hybridized carbons (Fsp3) is 0.238. The third kappa shape index (κ3) is 6.26. The first-order chi connectivity index (χ1) is 12.1. The Kier molecular flexibility index (Phi) is 6.96. The SMILES string of the molecule is C/C=C(\C=C/C(C)Cc1cccc([N+](=O)[O-])c1)OCc1ccccc1. The highest BCUT2D eigenvalue weighted by molar-refractivity contribution is 5.34. The van der Waals surface area contributed by atoms with Crippen molar-refractivity contribution in [2.45, 2.75) is 26.9 Å². The molecule has 0 heterocycles. The molecular formula is C21H23NO3. The minimum atomic E-state index is -0.362. The molecule has 0 radical (unpaired) electrons. The van der Waals surface area contributed by atoms with E-state index >= 15 is 0 Å². The largest absolute Gasteiger partial charge is 0.489 e. The summed E-state index contributed by atoms with van der Waals surface area (Å²) in [6.45, 7) is 4.56. The number of nitro groups is 1. The van der Waals surface area contributed by atoms with Crippen LogP contribution < -0.4 is 0 Å². The highest BCUT2D eigenvalue weighted by Crippen LogP contribution is 2.17. The molecule has 2 aromatic carbocycles. The van der Waals surface area contributed by atoms with E-state index in [1.54, 1.807) is 12.1 Å². The third-order valence-electron chi connectivity index (χ3n) is 3.80. The number of ether oxygens (including phenoxy) is 1. The van der Waals surface area contributed by atoms with Crippen molar-refractivity contribution in [3.8, 4) is 0 Å². The second-order valence-corrected chi connectivity index (χ2v) is 5.93. The number of benzene rings is 2. The van der Waals surface area contributed by atoms with Crippen LogP contribution in [0.25, 0.3) is 0 Å². The van der Waals surface area contributed by atoms with Crippen molar-refractivity contribution in [2.24, 2.45) is 5.92 Å². The van der Waals surface area contributed by atoms with E-state index in [-0.39, 0.29) is 16.5 Å². The van der Waals surface area contributed by atoms with Crippen molar-refractivity contribution in [1.29, 1.82) is 0 Å². The van der Waals surface area contributed by atoms with Gasteiger partial charge in [0.25, 0.3) is 5.69 Å². The van der Waals surface area contributed by atoms with Crippen molar-refractivity contribution in [1.82, 2.24) is 0 Å². The molecule has 0 aliphatic rings. The van der Waals surface area contributed by atoms with Gasteiger partial charge in [-0.3, -0.25) is 10.1 Å². The van der Waals surface area contributed by atoms with Gasteiger partial charge in [0, 0.05) is 12.1 Å². The molecule has 0 aliphatic carbocycles. The van der Waals surface area contributed by atoms with E-state index in [1.807, 2.05) is 55.5 Å². The predicted molar refractivity (Wildman–Crippen MR) is 100 cm³/mol. The molecule has 0 saturated heterocycles. The molecule has 0 saturated carbocycles. The lowest BCUT2D eigenvalue weighted by molar-refractivity contribution is -0.384. The molecule has 0 N–H and O–H groups in total. The van der Waals surface area contributed by atoms with E-state index in [4.69, 9.17) is 4.74 Å². The zero-order chi connectivity index (χ0) is 18.1. The van der Waals surface area contributed by atoms with Crippen LogP contribution in [-0.4, -0.2) is 4.92 Å². The number of nitrogens with zero attached hydrogens (tertiary/aromatic N) is 1. The van der Waals surface area contributed by atoms with E-state index < -0.39 is 0 Å². The van der Waals surface area contributed by atoms with Gasteiger partial charge in [0.1, 0.15) is 12.4 Å². The highest BCUT2D eigenvalue weighted by Gasteiger charge is 2.07. The molecule has 1 unspecified atom stereocenters. The maximum Gasteiger partial charge on any atom is 0.269 e.